The van der Waals surface area contributed by atoms with Crippen LogP contribution in [0.25, 0.3) is 0 Å². The maximum Gasteiger partial charge on any atom is 0.253 e. The van der Waals surface area contributed by atoms with Gasteiger partial charge in [0, 0.05) is 168 Å². The van der Waals surface area contributed by atoms with E-state index >= 15 is 0 Å². The molecule has 27 heteroatoms. The molecule has 0 bridgehead atoms. The number of likely N-dealkylation sites (N-methyl/N-ethyl adjacent to an activating group) is 2. The molecule has 27 nitrogen and oxygen atoms in total. The minimum absolute atomic E-state index is 0. The van der Waals surface area contributed by atoms with Crippen LogP contribution in [-0.4, -0.2) is 209 Å². The highest BCUT2D eigenvalue weighted by atomic mass is 16.2. The summed E-state index contributed by atoms with van der Waals surface area (Å²) in [5.41, 5.74) is 0. The summed E-state index contributed by atoms with van der Waals surface area (Å²) in [6.45, 7) is 16.8. The minimum atomic E-state index is -0.282. The molecular weight excluding hydrogens is 1840 g/mol. The smallest absolute Gasteiger partial charge is 0.253 e. The maximum atomic E-state index is 11.7. The van der Waals surface area contributed by atoms with E-state index in [-0.39, 0.29) is 164 Å². The van der Waals surface area contributed by atoms with Crippen molar-refractivity contribution in [1.29, 1.82) is 0 Å². The van der Waals surface area contributed by atoms with Crippen molar-refractivity contribution in [3.05, 3.63) is 122 Å². The summed E-state index contributed by atoms with van der Waals surface area (Å²) in [4.78, 5) is 215. The van der Waals surface area contributed by atoms with E-state index in [1.165, 1.54) is 423 Å². The molecule has 9 rings (SSSR count). The zero-order valence-electron chi connectivity index (χ0n) is 85.6. The Bertz CT molecular complexity index is 3830. The lowest BCUT2D eigenvalue weighted by Crippen LogP contribution is -2.35. The number of rotatable bonds is 72. The fraction of sp³-hybridized carbons (Fsp3) is 0.681. The van der Waals surface area contributed by atoms with Crippen LogP contribution in [0.3, 0.4) is 0 Å². The van der Waals surface area contributed by atoms with Gasteiger partial charge in [0.25, 0.3) is 106 Å². The van der Waals surface area contributed by atoms with Crippen molar-refractivity contribution >= 4 is 106 Å². The lowest BCUT2D eigenvalue weighted by molar-refractivity contribution is -0.139. The Morgan fingerprint density at radius 1 is 0.171 bits per heavy atom. The molecule has 0 aromatic carbocycles. The van der Waals surface area contributed by atoms with E-state index in [1.54, 1.807) is 13.8 Å². The number of hydrogen-bond acceptors (Lipinski definition) is 18. The van der Waals surface area contributed by atoms with Crippen LogP contribution in [-0.2, 0) is 86.3 Å². The van der Waals surface area contributed by atoms with Gasteiger partial charge in [-0.05, 0) is 102 Å². The van der Waals surface area contributed by atoms with Crippen molar-refractivity contribution in [2.24, 2.45) is 17.8 Å². The third kappa shape index (κ3) is 60.2. The minimum Gasteiger partial charge on any atom is -0.276 e. The molecule has 9 aliphatic heterocycles. The second kappa shape index (κ2) is 88.7. The van der Waals surface area contributed by atoms with E-state index in [4.69, 9.17) is 0 Å². The van der Waals surface area contributed by atoms with Crippen LogP contribution in [0.15, 0.2) is 122 Å². The topological polar surface area (TPSA) is 336 Å². The van der Waals surface area contributed by atoms with Gasteiger partial charge in [-0.15, -0.1) is 0 Å². The highest BCUT2D eigenvalue weighted by molar-refractivity contribution is 6.17. The molecule has 3 atom stereocenters. The van der Waals surface area contributed by atoms with Gasteiger partial charge in [-0.2, -0.15) is 0 Å². The second-order valence-corrected chi connectivity index (χ2v) is 38.0. The van der Waals surface area contributed by atoms with Gasteiger partial charge >= 0.3 is 0 Å². The first kappa shape index (κ1) is 142. The van der Waals surface area contributed by atoms with Crippen LogP contribution >= 0.6 is 0 Å². The fourth-order valence-corrected chi connectivity index (χ4v) is 18.2. The van der Waals surface area contributed by atoms with Crippen LogP contribution in [0.4, 0.5) is 0 Å². The normalized spacial score (nSPS) is 15.7. The first-order valence-corrected chi connectivity index (χ1v) is 53.8. The molecule has 9 aliphatic rings. The van der Waals surface area contributed by atoms with Gasteiger partial charge < -0.3 is 0 Å². The zero-order valence-corrected chi connectivity index (χ0v) is 85.6. The SMILES string of the molecule is C.C.C.C.C.C.C.CC(CCCN1C(=O)C=CC1=O)CN1C(=O)C=CC1=O.CCCCCCCCC(CCCCCCCCCN1C(=O)C=CC1=O)C(CCCCCCCC)CCCCCCCCCN1C(=O)C=CC1=O.CCCCCCCCC/C=C/CCCCCCCN1C(=O)C=CC1=O.CCN1C(=O)C=CC1=O.CCN1C(=O)C=CC1=O.O=C1C=CC(=O)N1CCCCCCCCCCCCN1C(=O)C=CC1=O. The molecule has 0 N–H and O–H groups in total. The number of nitrogens with zero attached hydrogens (tertiary/aromatic N) is 9. The van der Waals surface area contributed by atoms with E-state index < -0.39 is 0 Å². The van der Waals surface area contributed by atoms with Crippen molar-refractivity contribution in [2.75, 3.05) is 58.9 Å². The average Bonchev–Trinajstić information content (AvgIpc) is 1.69. The van der Waals surface area contributed by atoms with Crippen LogP contribution in [0.5, 0.6) is 0 Å². The maximum absolute atomic E-state index is 11.7. The largest absolute Gasteiger partial charge is 0.276 e. The van der Waals surface area contributed by atoms with E-state index in [0.29, 0.717) is 65.3 Å². The van der Waals surface area contributed by atoms with Gasteiger partial charge in [0.1, 0.15) is 0 Å². The third-order valence-electron chi connectivity index (χ3n) is 26.7. The Morgan fingerprint density at radius 3 is 0.486 bits per heavy atom. The van der Waals surface area contributed by atoms with E-state index in [0.717, 1.165) is 95.3 Å². The lowest BCUT2D eigenvalue weighted by atomic mass is 9.78. The van der Waals surface area contributed by atoms with Crippen molar-refractivity contribution < 1.29 is 86.3 Å². The molecule has 0 saturated carbocycles. The molecular formula is C119H199N9O18. The second-order valence-electron chi connectivity index (χ2n) is 38.0. The number of imide groups is 9. The molecule has 9 heterocycles. The van der Waals surface area contributed by atoms with E-state index in [2.05, 4.69) is 32.9 Å². The first-order valence-electron chi connectivity index (χ1n) is 53.8. The van der Waals surface area contributed by atoms with Gasteiger partial charge in [0.2, 0.25) is 0 Å². The molecule has 0 aliphatic carbocycles. The van der Waals surface area contributed by atoms with Crippen molar-refractivity contribution in [3.63, 3.8) is 0 Å². The highest BCUT2D eigenvalue weighted by Gasteiger charge is 2.31. The van der Waals surface area contributed by atoms with Gasteiger partial charge in [-0.3, -0.25) is 130 Å². The van der Waals surface area contributed by atoms with Gasteiger partial charge in [0.15, 0.2) is 0 Å². The van der Waals surface area contributed by atoms with Gasteiger partial charge in [-0.25, -0.2) is 0 Å². The summed E-state index contributed by atoms with van der Waals surface area (Å²) < 4.78 is 0. The number of carbonyl (C=O) groups excluding carboxylic acids is 18. The first-order chi connectivity index (χ1) is 67.3. The molecule has 18 amide bonds. The summed E-state index contributed by atoms with van der Waals surface area (Å²) in [5.74, 6) is -1.75. The monoisotopic (exact) mass is 2040 g/mol. The Hall–Kier alpha value is -10.3. The summed E-state index contributed by atoms with van der Waals surface area (Å²) in [6, 6.07) is 0. The Kier molecular flexibility index (Phi) is 86.2. The lowest BCUT2D eigenvalue weighted by Gasteiger charge is -2.28. The number of unbranched alkanes of at least 4 members (excludes halogenated alkanes) is 43. The van der Waals surface area contributed by atoms with Crippen LogP contribution < -0.4 is 0 Å². The van der Waals surface area contributed by atoms with Crippen molar-refractivity contribution in [2.45, 2.75) is 453 Å². The standard InChI is InChI=1S/C44H76N2O4.C22H37NO2.C20H28N2O4.C14H16N2O4.2C6H7NO2.7CH4/c1-3-5-7-9-17-23-29-39(31-25-19-13-11-15-21-27-37-45-41(47)33-34-42(45)48)40(30-24-18-10-8-6-4-2)32-26-20-14-12-16-22-28-38-46-43(49)35-36-44(46)50;1-2-3-4-5-6-7-8-9-10-11-12-13-14-15-16-17-20-23-21(24)18-19-22(23)25;23-17-11-12-18(24)21(17)15-9-7-5-3-1-2-4-6-8-10-16-22-19(25)13-14-20(22)26;1-10(9-16-13(19)6-7-14(16)20)3-2-8-15-11(17)4-5-12(15)18;2*1-2-7-5(8)3-4-6(7)9;;;;;;;/h33-36,39-40H,3-32,37-38H2,1-2H3;10-11,18-19H,2-9,12-17,20H2,1H3;11-14H,1-10,15-16H2;4-7,10H,2-3,8-9H2,1H3;2*3-4H,2H2,1H3;7*1H4/b;11-10+;;;;;;;;;;;. The number of allylic oxidation sites excluding steroid dienone is 2. The third-order valence-corrected chi connectivity index (χ3v) is 26.7. The predicted molar refractivity (Wildman–Crippen MR) is 592 cm³/mol. The summed E-state index contributed by atoms with van der Waals surface area (Å²) in [7, 11) is 0. The number of carbonyl (C=O) groups is 18. The molecule has 0 aromatic rings. The van der Waals surface area contributed by atoms with E-state index in [1.807, 2.05) is 6.92 Å². The zero-order chi connectivity index (χ0) is 101. The summed E-state index contributed by atoms with van der Waals surface area (Å²) >= 11 is 0. The molecule has 146 heavy (non-hydrogen) atoms. The average molecular weight is 2040 g/mol. The summed E-state index contributed by atoms with van der Waals surface area (Å²) in [5, 5.41) is 0. The molecule has 0 radical (unpaired) electrons. The Morgan fingerprint density at radius 2 is 0.315 bits per heavy atom. The quantitative estimate of drug-likeness (QED) is 0.0310. The van der Waals surface area contributed by atoms with Crippen LogP contribution in [0.1, 0.15) is 453 Å². The number of hydrogen-bond donors (Lipinski definition) is 0. The molecule has 0 fully saturated rings. The Labute approximate surface area is 883 Å². The highest BCUT2D eigenvalue weighted by Crippen LogP contribution is 2.35. The van der Waals surface area contributed by atoms with E-state index in [9.17, 15) is 86.3 Å². The summed E-state index contributed by atoms with van der Waals surface area (Å²) in [6.07, 6.45) is 97.7. The number of amides is 18. The van der Waals surface area contributed by atoms with Crippen molar-refractivity contribution in [1.82, 2.24) is 44.1 Å². The fourth-order valence-electron chi connectivity index (χ4n) is 18.2. The molecule has 828 valence electrons. The molecule has 3 unspecified atom stereocenters. The molecule has 0 saturated heterocycles. The van der Waals surface area contributed by atoms with Gasteiger partial charge in [0.05, 0.1) is 0 Å². The van der Waals surface area contributed by atoms with Crippen LogP contribution in [0.2, 0.25) is 0 Å². The van der Waals surface area contributed by atoms with Crippen LogP contribution in [0, 0.1) is 17.8 Å². The van der Waals surface area contributed by atoms with Crippen molar-refractivity contribution in [3.8, 4) is 0 Å². The molecule has 0 aromatic heterocycles. The van der Waals surface area contributed by atoms with Gasteiger partial charge in [-0.1, -0.05) is 381 Å². The predicted octanol–water partition coefficient (Wildman–Crippen LogP) is 25.1. The Balaban J connectivity index is -0.000000895. The molecule has 0 spiro atoms.